The largest absolute Gasteiger partial charge is 0.480 e. The lowest BCUT2D eigenvalue weighted by atomic mass is 9.99. The van der Waals surface area contributed by atoms with Crippen LogP contribution in [0, 0.1) is 5.92 Å². The first-order chi connectivity index (χ1) is 8.97. The molecule has 19 heavy (non-hydrogen) atoms. The number of aliphatic carboxylic acids is 1. The molecule has 0 aliphatic heterocycles. The van der Waals surface area contributed by atoms with E-state index in [9.17, 15) is 9.59 Å². The van der Waals surface area contributed by atoms with Gasteiger partial charge in [-0.25, -0.2) is 9.59 Å². The van der Waals surface area contributed by atoms with Crippen molar-refractivity contribution < 1.29 is 24.5 Å². The third kappa shape index (κ3) is 6.40. The molecule has 3 N–H and O–H groups in total. The number of hydrogen-bond acceptors (Lipinski definition) is 4. The summed E-state index contributed by atoms with van der Waals surface area (Å²) in [6.45, 7) is 4.22. The number of nitrogens with zero attached hydrogens (tertiary/aromatic N) is 1. The first-order valence-electron chi connectivity index (χ1n) is 6.35. The Bertz CT molecular complexity index is 285. The van der Waals surface area contributed by atoms with E-state index in [1.54, 1.807) is 6.92 Å². The lowest BCUT2D eigenvalue weighted by Crippen LogP contribution is -2.51. The van der Waals surface area contributed by atoms with Gasteiger partial charge in [-0.15, -0.1) is 0 Å². The van der Waals surface area contributed by atoms with Crippen LogP contribution >= 0.6 is 0 Å². The Balaban J connectivity index is 4.60. The minimum Gasteiger partial charge on any atom is -0.480 e. The Kier molecular flexibility index (Phi) is 8.90. The summed E-state index contributed by atoms with van der Waals surface area (Å²) in [6.07, 6.45) is 0.648. The van der Waals surface area contributed by atoms with Crippen LogP contribution in [0.3, 0.4) is 0 Å². The van der Waals surface area contributed by atoms with Gasteiger partial charge >= 0.3 is 12.0 Å². The third-order valence-electron chi connectivity index (χ3n) is 2.98. The van der Waals surface area contributed by atoms with Crippen LogP contribution in [0.5, 0.6) is 0 Å². The van der Waals surface area contributed by atoms with Gasteiger partial charge in [0.2, 0.25) is 0 Å². The molecule has 0 aliphatic carbocycles. The molecule has 2 atom stereocenters. The Labute approximate surface area is 113 Å². The Morgan fingerprint density at radius 2 is 2.00 bits per heavy atom. The summed E-state index contributed by atoms with van der Waals surface area (Å²) in [5.41, 5.74) is 0. The molecule has 0 saturated heterocycles. The summed E-state index contributed by atoms with van der Waals surface area (Å²) in [5, 5.41) is 20.5. The zero-order valence-electron chi connectivity index (χ0n) is 11.8. The number of urea groups is 1. The second kappa shape index (κ2) is 9.57. The van der Waals surface area contributed by atoms with E-state index in [1.165, 1.54) is 12.0 Å². The van der Waals surface area contributed by atoms with E-state index in [2.05, 4.69) is 5.32 Å². The van der Waals surface area contributed by atoms with Gasteiger partial charge < -0.3 is 25.2 Å². The van der Waals surface area contributed by atoms with Gasteiger partial charge in [-0.1, -0.05) is 20.3 Å². The number of carbonyl (C=O) groups excluding carboxylic acids is 1. The number of aliphatic hydroxyl groups excluding tert-OH is 1. The number of hydrogen-bond donors (Lipinski definition) is 3. The van der Waals surface area contributed by atoms with Crippen LogP contribution in [-0.4, -0.2) is 66.6 Å². The monoisotopic (exact) mass is 276 g/mol. The van der Waals surface area contributed by atoms with Gasteiger partial charge in [-0.2, -0.15) is 0 Å². The molecule has 7 heteroatoms. The third-order valence-corrected chi connectivity index (χ3v) is 2.98. The average molecular weight is 276 g/mol. The molecule has 0 radical (unpaired) electrons. The summed E-state index contributed by atoms with van der Waals surface area (Å²) in [6, 6.07) is -1.43. The van der Waals surface area contributed by atoms with E-state index < -0.39 is 18.0 Å². The van der Waals surface area contributed by atoms with E-state index in [0.717, 1.165) is 0 Å². The van der Waals surface area contributed by atoms with Crippen molar-refractivity contribution in [3.63, 3.8) is 0 Å². The van der Waals surface area contributed by atoms with Crippen molar-refractivity contribution in [2.45, 2.75) is 26.3 Å². The maximum atomic E-state index is 12.0. The molecule has 0 saturated carbocycles. The molecule has 0 fully saturated rings. The molecule has 7 nitrogen and oxygen atoms in total. The van der Waals surface area contributed by atoms with Crippen LogP contribution in [0.4, 0.5) is 4.79 Å². The molecule has 2 amide bonds. The second-order valence-corrected chi connectivity index (χ2v) is 4.35. The quantitative estimate of drug-likeness (QED) is 0.556. The number of ether oxygens (including phenoxy) is 1. The first kappa shape index (κ1) is 17.7. The lowest BCUT2D eigenvalue weighted by molar-refractivity contribution is -0.140. The summed E-state index contributed by atoms with van der Waals surface area (Å²) >= 11 is 0. The highest BCUT2D eigenvalue weighted by Gasteiger charge is 2.27. The van der Waals surface area contributed by atoms with Gasteiger partial charge in [0.25, 0.3) is 0 Å². The van der Waals surface area contributed by atoms with Crippen LogP contribution in [-0.2, 0) is 9.53 Å². The minimum absolute atomic E-state index is 0.141. The van der Waals surface area contributed by atoms with Crippen molar-refractivity contribution in [2.75, 3.05) is 33.4 Å². The summed E-state index contributed by atoms with van der Waals surface area (Å²) in [5.74, 6) is -1.22. The standard InChI is InChI=1S/C12H24N2O5/c1-4-9(2)10(11(16)17)13-12(18)14(5-7-15)6-8-19-3/h9-10,15H,4-8H2,1-3H3,(H,13,18)(H,16,17). The van der Waals surface area contributed by atoms with E-state index >= 15 is 0 Å². The van der Waals surface area contributed by atoms with Crippen molar-refractivity contribution in [3.05, 3.63) is 0 Å². The summed E-state index contributed by atoms with van der Waals surface area (Å²) in [4.78, 5) is 24.4. The maximum absolute atomic E-state index is 12.0. The molecule has 0 spiro atoms. The SMILES string of the molecule is CCC(C)C(NC(=O)N(CCO)CCOC)C(=O)O. The maximum Gasteiger partial charge on any atom is 0.326 e. The Morgan fingerprint density at radius 3 is 2.42 bits per heavy atom. The number of methoxy groups -OCH3 is 1. The van der Waals surface area contributed by atoms with Crippen LogP contribution in [0.25, 0.3) is 0 Å². The van der Waals surface area contributed by atoms with Gasteiger partial charge in [0.05, 0.1) is 13.2 Å². The van der Waals surface area contributed by atoms with Crippen molar-refractivity contribution in [1.82, 2.24) is 10.2 Å². The molecule has 2 unspecified atom stereocenters. The fourth-order valence-electron chi connectivity index (χ4n) is 1.54. The zero-order chi connectivity index (χ0) is 14.8. The topological polar surface area (TPSA) is 99.1 Å². The van der Waals surface area contributed by atoms with E-state index in [-0.39, 0.29) is 19.1 Å². The predicted octanol–water partition coefficient (Wildman–Crippen LogP) is 0.136. The molecular weight excluding hydrogens is 252 g/mol. The van der Waals surface area contributed by atoms with Crippen molar-refractivity contribution >= 4 is 12.0 Å². The highest BCUT2D eigenvalue weighted by Crippen LogP contribution is 2.08. The van der Waals surface area contributed by atoms with E-state index in [4.69, 9.17) is 14.9 Å². The molecule has 0 aromatic heterocycles. The summed E-state index contributed by atoms with van der Waals surface area (Å²) < 4.78 is 4.87. The summed E-state index contributed by atoms with van der Waals surface area (Å²) in [7, 11) is 1.51. The number of carbonyl (C=O) groups is 2. The molecule has 0 aromatic carbocycles. The van der Waals surface area contributed by atoms with Gasteiger partial charge in [0.1, 0.15) is 6.04 Å². The number of amides is 2. The number of carboxylic acids is 1. The molecule has 112 valence electrons. The molecule has 0 heterocycles. The highest BCUT2D eigenvalue weighted by atomic mass is 16.5. The molecular formula is C12H24N2O5. The average Bonchev–Trinajstić information content (AvgIpc) is 2.39. The van der Waals surface area contributed by atoms with Gasteiger partial charge in [0.15, 0.2) is 0 Å². The number of carboxylic acid groups (broad SMARTS) is 1. The Hall–Kier alpha value is -1.34. The fourth-order valence-corrected chi connectivity index (χ4v) is 1.54. The Morgan fingerprint density at radius 1 is 1.37 bits per heavy atom. The first-order valence-corrected chi connectivity index (χ1v) is 6.35. The van der Waals surface area contributed by atoms with E-state index in [1.807, 2.05) is 6.92 Å². The van der Waals surface area contributed by atoms with Gasteiger partial charge in [-0.3, -0.25) is 0 Å². The number of nitrogens with one attached hydrogen (secondary N) is 1. The van der Waals surface area contributed by atoms with Crippen LogP contribution in [0.2, 0.25) is 0 Å². The molecule has 0 rings (SSSR count). The molecule has 0 bridgehead atoms. The van der Waals surface area contributed by atoms with Crippen molar-refractivity contribution in [1.29, 1.82) is 0 Å². The number of rotatable bonds is 9. The van der Waals surface area contributed by atoms with E-state index in [0.29, 0.717) is 19.6 Å². The zero-order valence-corrected chi connectivity index (χ0v) is 11.8. The minimum atomic E-state index is -1.06. The normalized spacial score (nSPS) is 13.7. The van der Waals surface area contributed by atoms with Crippen molar-refractivity contribution in [2.24, 2.45) is 5.92 Å². The molecule has 0 aliphatic rings. The lowest BCUT2D eigenvalue weighted by Gasteiger charge is -2.26. The predicted molar refractivity (Wildman–Crippen MR) is 69.9 cm³/mol. The van der Waals surface area contributed by atoms with Gasteiger partial charge in [0, 0.05) is 20.2 Å². The highest BCUT2D eigenvalue weighted by molar-refractivity contribution is 5.82. The van der Waals surface area contributed by atoms with Crippen LogP contribution in [0.15, 0.2) is 0 Å². The van der Waals surface area contributed by atoms with Crippen molar-refractivity contribution in [3.8, 4) is 0 Å². The molecule has 0 aromatic rings. The van der Waals surface area contributed by atoms with Crippen LogP contribution < -0.4 is 5.32 Å². The van der Waals surface area contributed by atoms with Crippen LogP contribution in [0.1, 0.15) is 20.3 Å². The number of aliphatic hydroxyl groups is 1. The van der Waals surface area contributed by atoms with Gasteiger partial charge in [-0.05, 0) is 5.92 Å². The second-order valence-electron chi connectivity index (χ2n) is 4.35. The smallest absolute Gasteiger partial charge is 0.326 e. The fraction of sp³-hybridized carbons (Fsp3) is 0.833.